The molecule has 0 radical (unpaired) electrons. The van der Waals surface area contributed by atoms with Gasteiger partial charge in [0.2, 0.25) is 0 Å². The second-order valence-electron chi connectivity index (χ2n) is 3.73. The molecular formula is C13H11BrN2O4. The maximum atomic E-state index is 11.6. The van der Waals surface area contributed by atoms with Crippen molar-refractivity contribution in [3.63, 3.8) is 0 Å². The minimum atomic E-state index is -0.468. The number of phenolic OH excluding ortho intramolecular Hbond substituents is 1. The lowest BCUT2D eigenvalue weighted by atomic mass is 10.2. The van der Waals surface area contributed by atoms with Crippen molar-refractivity contribution in [1.29, 1.82) is 0 Å². The fraction of sp³-hybridized carbons (Fsp3) is 0.0769. The molecule has 0 saturated carbocycles. The van der Waals surface area contributed by atoms with E-state index in [1.165, 1.54) is 25.5 Å². The molecule has 7 heteroatoms. The summed E-state index contributed by atoms with van der Waals surface area (Å²) in [5.74, 6) is 0.0423. The van der Waals surface area contributed by atoms with Gasteiger partial charge in [-0.25, -0.2) is 5.43 Å². The molecule has 0 atom stereocenters. The highest BCUT2D eigenvalue weighted by Crippen LogP contribution is 2.25. The second-order valence-corrected chi connectivity index (χ2v) is 4.52. The van der Waals surface area contributed by atoms with Crippen LogP contribution in [0.2, 0.25) is 0 Å². The molecule has 6 nitrogen and oxygen atoms in total. The number of carbonyl (C=O) groups is 1. The highest BCUT2D eigenvalue weighted by atomic mass is 79.9. The summed E-state index contributed by atoms with van der Waals surface area (Å²) in [6.45, 7) is 0. The Hall–Kier alpha value is -2.28. The van der Waals surface area contributed by atoms with E-state index >= 15 is 0 Å². The molecule has 0 aliphatic heterocycles. The number of hydrazone groups is 1. The average Bonchev–Trinajstić information content (AvgIpc) is 2.85. The lowest BCUT2D eigenvalue weighted by Crippen LogP contribution is -2.16. The van der Waals surface area contributed by atoms with Crippen LogP contribution in [0.15, 0.2) is 44.5 Å². The van der Waals surface area contributed by atoms with Crippen LogP contribution in [0.3, 0.4) is 0 Å². The minimum absolute atomic E-state index is 0.00209. The largest absolute Gasteiger partial charge is 0.504 e. The monoisotopic (exact) mass is 338 g/mol. The minimum Gasteiger partial charge on any atom is -0.504 e. The predicted octanol–water partition coefficient (Wildman–Crippen LogP) is 2.52. The summed E-state index contributed by atoms with van der Waals surface area (Å²) in [5, 5.41) is 13.4. The summed E-state index contributed by atoms with van der Waals surface area (Å²) in [7, 11) is 1.46. The van der Waals surface area contributed by atoms with Gasteiger partial charge >= 0.3 is 5.91 Å². The van der Waals surface area contributed by atoms with Crippen molar-refractivity contribution in [2.24, 2.45) is 5.10 Å². The maximum Gasteiger partial charge on any atom is 0.307 e. The van der Waals surface area contributed by atoms with Crippen LogP contribution in [0.5, 0.6) is 11.5 Å². The number of phenols is 1. The highest BCUT2D eigenvalue weighted by molar-refractivity contribution is 9.10. The lowest BCUT2D eigenvalue weighted by molar-refractivity contribution is 0.0926. The van der Waals surface area contributed by atoms with E-state index in [4.69, 9.17) is 9.15 Å². The Morgan fingerprint density at radius 1 is 1.45 bits per heavy atom. The average molecular weight is 339 g/mol. The van der Waals surface area contributed by atoms with Gasteiger partial charge in [-0.05, 0) is 51.8 Å². The molecule has 2 N–H and O–H groups in total. The Bertz CT molecular complexity index is 652. The first-order valence-corrected chi connectivity index (χ1v) is 6.35. The Kier molecular flexibility index (Phi) is 4.41. The van der Waals surface area contributed by atoms with Crippen molar-refractivity contribution >= 4 is 28.1 Å². The number of rotatable bonds is 4. The molecule has 2 rings (SSSR count). The number of ether oxygens (including phenoxy) is 1. The normalized spacial score (nSPS) is 10.7. The topological polar surface area (TPSA) is 84.1 Å². The fourth-order valence-corrected chi connectivity index (χ4v) is 1.75. The van der Waals surface area contributed by atoms with E-state index in [0.717, 1.165) is 0 Å². The van der Waals surface area contributed by atoms with Crippen LogP contribution in [0.1, 0.15) is 16.1 Å². The molecule has 0 aliphatic carbocycles. The maximum absolute atomic E-state index is 11.6. The van der Waals surface area contributed by atoms with Gasteiger partial charge in [0.15, 0.2) is 21.9 Å². The first-order chi connectivity index (χ1) is 9.60. The summed E-state index contributed by atoms with van der Waals surface area (Å²) in [4.78, 5) is 11.6. The Balaban J connectivity index is 2.00. The van der Waals surface area contributed by atoms with Crippen molar-refractivity contribution < 1.29 is 19.1 Å². The Labute approximate surface area is 123 Å². The molecule has 1 amide bonds. The van der Waals surface area contributed by atoms with E-state index in [0.29, 0.717) is 16.0 Å². The Morgan fingerprint density at radius 3 is 2.85 bits per heavy atom. The molecule has 20 heavy (non-hydrogen) atoms. The number of furan rings is 1. The van der Waals surface area contributed by atoms with E-state index < -0.39 is 5.91 Å². The number of carbonyl (C=O) groups excluding carboxylic acids is 1. The van der Waals surface area contributed by atoms with Crippen molar-refractivity contribution in [1.82, 2.24) is 5.43 Å². The van der Waals surface area contributed by atoms with Gasteiger partial charge in [0.25, 0.3) is 0 Å². The van der Waals surface area contributed by atoms with Crippen LogP contribution < -0.4 is 10.2 Å². The number of nitrogens with one attached hydrogen (secondary N) is 1. The van der Waals surface area contributed by atoms with E-state index in [1.54, 1.807) is 18.2 Å². The number of aromatic hydroxyl groups is 1. The molecule has 1 aromatic carbocycles. The molecule has 2 aromatic rings. The molecule has 0 aliphatic rings. The van der Waals surface area contributed by atoms with E-state index in [9.17, 15) is 9.90 Å². The third-order valence-electron chi connectivity index (χ3n) is 2.38. The second kappa shape index (κ2) is 6.25. The molecule has 104 valence electrons. The summed E-state index contributed by atoms with van der Waals surface area (Å²) >= 11 is 3.10. The predicted molar refractivity (Wildman–Crippen MR) is 76.1 cm³/mol. The van der Waals surface area contributed by atoms with Gasteiger partial charge in [0, 0.05) is 0 Å². The first-order valence-electron chi connectivity index (χ1n) is 5.56. The van der Waals surface area contributed by atoms with E-state index in [1.807, 2.05) is 0 Å². The lowest BCUT2D eigenvalue weighted by Gasteiger charge is -2.03. The SMILES string of the molecule is COc1ccc(C=NNC(=O)c2ccc(Br)o2)cc1O. The zero-order valence-corrected chi connectivity index (χ0v) is 12.0. The molecule has 1 heterocycles. The van der Waals surface area contributed by atoms with Crippen molar-refractivity contribution in [3.8, 4) is 11.5 Å². The van der Waals surface area contributed by atoms with Crippen LogP contribution in [-0.4, -0.2) is 24.3 Å². The Morgan fingerprint density at radius 2 is 2.25 bits per heavy atom. The van der Waals surface area contributed by atoms with Gasteiger partial charge in [-0.15, -0.1) is 0 Å². The number of nitrogens with zero attached hydrogens (tertiary/aromatic N) is 1. The molecule has 0 unspecified atom stereocenters. The standard InChI is InChI=1S/C13H11BrN2O4/c1-19-10-3-2-8(6-9(10)17)7-15-16-13(18)11-4-5-12(14)20-11/h2-7,17H,1H3,(H,16,18). The smallest absolute Gasteiger partial charge is 0.307 e. The quantitative estimate of drug-likeness (QED) is 0.662. The number of benzene rings is 1. The molecule has 0 saturated heterocycles. The van der Waals surface area contributed by atoms with Gasteiger partial charge < -0.3 is 14.3 Å². The molecule has 0 fully saturated rings. The van der Waals surface area contributed by atoms with Gasteiger partial charge in [0.1, 0.15) is 0 Å². The third kappa shape index (κ3) is 3.39. The third-order valence-corrected chi connectivity index (χ3v) is 2.81. The molecular weight excluding hydrogens is 328 g/mol. The molecule has 1 aromatic heterocycles. The van der Waals surface area contributed by atoms with Gasteiger partial charge in [0.05, 0.1) is 13.3 Å². The number of hydrogen-bond donors (Lipinski definition) is 2. The van der Waals surface area contributed by atoms with Crippen LogP contribution >= 0.6 is 15.9 Å². The summed E-state index contributed by atoms with van der Waals surface area (Å²) < 4.78 is 10.5. The highest BCUT2D eigenvalue weighted by Gasteiger charge is 2.08. The van der Waals surface area contributed by atoms with Gasteiger partial charge in [-0.1, -0.05) is 0 Å². The van der Waals surface area contributed by atoms with Gasteiger partial charge in [-0.2, -0.15) is 5.10 Å². The fourth-order valence-electron chi connectivity index (χ4n) is 1.44. The van der Waals surface area contributed by atoms with E-state index in [2.05, 4.69) is 26.5 Å². The summed E-state index contributed by atoms with van der Waals surface area (Å²) in [5.41, 5.74) is 2.93. The van der Waals surface area contributed by atoms with Crippen LogP contribution in [0.4, 0.5) is 0 Å². The van der Waals surface area contributed by atoms with Gasteiger partial charge in [-0.3, -0.25) is 4.79 Å². The zero-order chi connectivity index (χ0) is 14.5. The number of amides is 1. The zero-order valence-electron chi connectivity index (χ0n) is 10.5. The van der Waals surface area contributed by atoms with Crippen molar-refractivity contribution in [2.45, 2.75) is 0 Å². The summed E-state index contributed by atoms with van der Waals surface area (Å²) in [6, 6.07) is 7.89. The first kappa shape index (κ1) is 14.1. The molecule has 0 spiro atoms. The molecule has 0 bridgehead atoms. The number of halogens is 1. The van der Waals surface area contributed by atoms with Crippen LogP contribution in [0, 0.1) is 0 Å². The van der Waals surface area contributed by atoms with E-state index in [-0.39, 0.29) is 11.5 Å². The van der Waals surface area contributed by atoms with Crippen LogP contribution in [-0.2, 0) is 0 Å². The number of methoxy groups -OCH3 is 1. The van der Waals surface area contributed by atoms with Crippen molar-refractivity contribution in [2.75, 3.05) is 7.11 Å². The van der Waals surface area contributed by atoms with Crippen LogP contribution in [0.25, 0.3) is 0 Å². The van der Waals surface area contributed by atoms with Crippen molar-refractivity contribution in [3.05, 3.63) is 46.3 Å². The number of hydrogen-bond acceptors (Lipinski definition) is 5. The summed E-state index contributed by atoms with van der Waals surface area (Å²) in [6.07, 6.45) is 1.40.